The Hall–Kier alpha value is -2.30. The molecule has 0 spiro atoms. The number of hydrogen-bond acceptors (Lipinski definition) is 2. The molecule has 2 N–H and O–H groups in total. The second kappa shape index (κ2) is 7.99. The molecule has 0 saturated heterocycles. The van der Waals surface area contributed by atoms with Crippen LogP contribution in [0, 0.1) is 0 Å². The number of carbonyl (C=O) groups excluding carboxylic acids is 1. The maximum absolute atomic E-state index is 11.6. The molecule has 2 amide bonds. The van der Waals surface area contributed by atoms with Crippen molar-refractivity contribution in [2.24, 2.45) is 0 Å². The van der Waals surface area contributed by atoms with Crippen LogP contribution < -0.4 is 10.6 Å². The highest BCUT2D eigenvalue weighted by atomic mass is 16.2. The Morgan fingerprint density at radius 3 is 2.75 bits per heavy atom. The van der Waals surface area contributed by atoms with Crippen molar-refractivity contribution in [3.05, 3.63) is 49.1 Å². The second-order valence-electron chi connectivity index (χ2n) is 4.61. The fraction of sp³-hybridized carbons (Fsp3) is 0.333. The molecule has 0 aliphatic carbocycles. The Kier molecular flexibility index (Phi) is 5.64. The zero-order chi connectivity index (χ0) is 14.0. The third-order valence-corrected chi connectivity index (χ3v) is 2.97. The van der Waals surface area contributed by atoms with Gasteiger partial charge in [0.25, 0.3) is 0 Å². The van der Waals surface area contributed by atoms with E-state index < -0.39 is 0 Å². The molecule has 1 aromatic heterocycles. The number of imidazole rings is 1. The molecule has 0 unspecified atom stereocenters. The normalized spacial score (nSPS) is 10.2. The van der Waals surface area contributed by atoms with Crippen LogP contribution in [0.5, 0.6) is 0 Å². The van der Waals surface area contributed by atoms with E-state index in [1.54, 1.807) is 6.20 Å². The van der Waals surface area contributed by atoms with E-state index in [-0.39, 0.29) is 6.03 Å². The summed E-state index contributed by atoms with van der Waals surface area (Å²) in [5.41, 5.74) is 0.810. The summed E-state index contributed by atoms with van der Waals surface area (Å²) >= 11 is 0. The van der Waals surface area contributed by atoms with Crippen LogP contribution in [0.25, 0.3) is 0 Å². The van der Waals surface area contributed by atoms with Crippen molar-refractivity contribution in [2.75, 3.05) is 11.9 Å². The van der Waals surface area contributed by atoms with Crippen LogP contribution in [0.15, 0.2) is 49.1 Å². The number of urea groups is 1. The number of anilines is 1. The molecular formula is C15H20N4O. The molecule has 5 nitrogen and oxygen atoms in total. The highest BCUT2D eigenvalue weighted by molar-refractivity contribution is 5.89. The van der Waals surface area contributed by atoms with Crippen molar-refractivity contribution >= 4 is 11.7 Å². The number of nitrogens with one attached hydrogen (secondary N) is 2. The molecule has 0 bridgehead atoms. The smallest absolute Gasteiger partial charge is 0.319 e. The summed E-state index contributed by atoms with van der Waals surface area (Å²) in [7, 11) is 0. The van der Waals surface area contributed by atoms with Gasteiger partial charge in [-0.25, -0.2) is 9.78 Å². The first-order valence-electron chi connectivity index (χ1n) is 6.90. The molecule has 20 heavy (non-hydrogen) atoms. The lowest BCUT2D eigenvalue weighted by Gasteiger charge is -2.07. The van der Waals surface area contributed by atoms with Gasteiger partial charge in [0.15, 0.2) is 0 Å². The highest BCUT2D eigenvalue weighted by Crippen LogP contribution is 2.04. The number of para-hydroxylation sites is 1. The van der Waals surface area contributed by atoms with Crippen LogP contribution in [-0.4, -0.2) is 22.1 Å². The number of aryl methyl sites for hydroxylation is 1. The maximum atomic E-state index is 11.6. The summed E-state index contributed by atoms with van der Waals surface area (Å²) < 4.78 is 2.07. The van der Waals surface area contributed by atoms with Gasteiger partial charge in [0.2, 0.25) is 0 Å². The van der Waals surface area contributed by atoms with Crippen molar-refractivity contribution in [1.29, 1.82) is 0 Å². The fourth-order valence-electron chi connectivity index (χ4n) is 1.91. The Morgan fingerprint density at radius 1 is 1.15 bits per heavy atom. The van der Waals surface area contributed by atoms with Gasteiger partial charge in [-0.15, -0.1) is 0 Å². The zero-order valence-electron chi connectivity index (χ0n) is 11.5. The van der Waals surface area contributed by atoms with Crippen molar-refractivity contribution in [3.63, 3.8) is 0 Å². The third kappa shape index (κ3) is 5.14. The van der Waals surface area contributed by atoms with Crippen molar-refractivity contribution in [2.45, 2.75) is 25.8 Å². The van der Waals surface area contributed by atoms with Crippen LogP contribution >= 0.6 is 0 Å². The van der Waals surface area contributed by atoms with E-state index in [4.69, 9.17) is 0 Å². The number of carbonyl (C=O) groups is 1. The van der Waals surface area contributed by atoms with Gasteiger partial charge in [-0.2, -0.15) is 0 Å². The Labute approximate surface area is 119 Å². The molecule has 1 aromatic carbocycles. The van der Waals surface area contributed by atoms with E-state index in [0.29, 0.717) is 6.54 Å². The topological polar surface area (TPSA) is 59.0 Å². The SMILES string of the molecule is O=C(NCCCCCn1ccnc1)Nc1ccccc1. The standard InChI is InChI=1S/C15H20N4O/c20-15(18-14-7-3-1-4-8-14)17-9-5-2-6-11-19-12-10-16-13-19/h1,3-4,7-8,10,12-13H,2,5-6,9,11H2,(H2,17,18,20). The lowest BCUT2D eigenvalue weighted by Crippen LogP contribution is -2.29. The van der Waals surface area contributed by atoms with E-state index in [2.05, 4.69) is 20.2 Å². The first-order valence-corrected chi connectivity index (χ1v) is 6.90. The molecule has 0 aliphatic heterocycles. The average molecular weight is 272 g/mol. The van der Waals surface area contributed by atoms with Gasteiger partial charge < -0.3 is 15.2 Å². The molecule has 0 radical (unpaired) electrons. The Bertz CT molecular complexity index is 496. The summed E-state index contributed by atoms with van der Waals surface area (Å²) in [5.74, 6) is 0. The Balaban J connectivity index is 1.51. The summed E-state index contributed by atoms with van der Waals surface area (Å²) in [4.78, 5) is 15.6. The van der Waals surface area contributed by atoms with Crippen molar-refractivity contribution in [3.8, 4) is 0 Å². The van der Waals surface area contributed by atoms with Crippen molar-refractivity contribution in [1.82, 2.24) is 14.9 Å². The van der Waals surface area contributed by atoms with E-state index in [1.807, 2.05) is 42.9 Å². The molecule has 0 aliphatic rings. The van der Waals surface area contributed by atoms with E-state index in [9.17, 15) is 4.79 Å². The van der Waals surface area contributed by atoms with Gasteiger partial charge in [0.1, 0.15) is 0 Å². The summed E-state index contributed by atoms with van der Waals surface area (Å²) in [5, 5.41) is 5.65. The van der Waals surface area contributed by atoms with E-state index in [1.165, 1.54) is 0 Å². The number of rotatable bonds is 7. The number of benzene rings is 1. The van der Waals surface area contributed by atoms with Gasteiger partial charge in [0.05, 0.1) is 6.33 Å². The molecule has 106 valence electrons. The lowest BCUT2D eigenvalue weighted by molar-refractivity contribution is 0.252. The maximum Gasteiger partial charge on any atom is 0.319 e. The minimum absolute atomic E-state index is 0.147. The minimum Gasteiger partial charge on any atom is -0.338 e. The fourth-order valence-corrected chi connectivity index (χ4v) is 1.91. The van der Waals surface area contributed by atoms with E-state index in [0.717, 1.165) is 31.5 Å². The van der Waals surface area contributed by atoms with Crippen LogP contribution in [-0.2, 0) is 6.54 Å². The van der Waals surface area contributed by atoms with E-state index >= 15 is 0 Å². The lowest BCUT2D eigenvalue weighted by atomic mass is 10.2. The second-order valence-corrected chi connectivity index (χ2v) is 4.61. The molecule has 0 saturated carbocycles. The molecule has 2 rings (SSSR count). The molecule has 0 atom stereocenters. The largest absolute Gasteiger partial charge is 0.338 e. The van der Waals surface area contributed by atoms with Crippen LogP contribution in [0.2, 0.25) is 0 Å². The third-order valence-electron chi connectivity index (χ3n) is 2.97. The molecule has 1 heterocycles. The van der Waals surface area contributed by atoms with Gasteiger partial charge in [0, 0.05) is 31.2 Å². The molecule has 2 aromatic rings. The summed E-state index contributed by atoms with van der Waals surface area (Å²) in [6, 6.07) is 9.29. The number of amides is 2. The summed E-state index contributed by atoms with van der Waals surface area (Å²) in [6.45, 7) is 1.68. The predicted molar refractivity (Wildman–Crippen MR) is 79.5 cm³/mol. The quantitative estimate of drug-likeness (QED) is 0.761. The molecular weight excluding hydrogens is 252 g/mol. The number of hydrogen-bond donors (Lipinski definition) is 2. The minimum atomic E-state index is -0.147. The van der Waals surface area contributed by atoms with Crippen molar-refractivity contribution < 1.29 is 4.79 Å². The van der Waals surface area contributed by atoms with Gasteiger partial charge in [-0.1, -0.05) is 18.2 Å². The average Bonchev–Trinajstić information content (AvgIpc) is 2.97. The number of unbranched alkanes of at least 4 members (excludes halogenated alkanes) is 2. The monoisotopic (exact) mass is 272 g/mol. The predicted octanol–water partition coefficient (Wildman–Crippen LogP) is 2.88. The van der Waals surface area contributed by atoms with Crippen LogP contribution in [0.3, 0.4) is 0 Å². The first kappa shape index (κ1) is 14.1. The molecule has 5 heteroatoms. The number of nitrogens with zero attached hydrogens (tertiary/aromatic N) is 2. The highest BCUT2D eigenvalue weighted by Gasteiger charge is 1.99. The van der Waals surface area contributed by atoms with Crippen LogP contribution in [0.4, 0.5) is 10.5 Å². The van der Waals surface area contributed by atoms with Gasteiger partial charge in [-0.05, 0) is 31.4 Å². The zero-order valence-corrected chi connectivity index (χ0v) is 11.5. The van der Waals surface area contributed by atoms with Gasteiger partial charge in [-0.3, -0.25) is 0 Å². The summed E-state index contributed by atoms with van der Waals surface area (Å²) in [6.07, 6.45) is 8.74. The number of aromatic nitrogens is 2. The molecule has 0 fully saturated rings. The first-order chi connectivity index (χ1) is 9.84. The van der Waals surface area contributed by atoms with Crippen LogP contribution in [0.1, 0.15) is 19.3 Å². The van der Waals surface area contributed by atoms with Gasteiger partial charge >= 0.3 is 6.03 Å². The Morgan fingerprint density at radius 2 is 2.00 bits per heavy atom.